The Labute approximate surface area is 237 Å². The van der Waals surface area contributed by atoms with Gasteiger partial charge in [-0.3, -0.25) is 13.9 Å². The van der Waals surface area contributed by atoms with Crippen molar-refractivity contribution in [3.63, 3.8) is 0 Å². The lowest BCUT2D eigenvalue weighted by Gasteiger charge is -2.38. The maximum absolute atomic E-state index is 14.0. The van der Waals surface area contributed by atoms with Crippen molar-refractivity contribution in [2.45, 2.75) is 103 Å². The molecule has 224 valence electrons. The number of likely N-dealkylation sites (tertiary alicyclic amines) is 1. The van der Waals surface area contributed by atoms with E-state index < -0.39 is 69.2 Å². The van der Waals surface area contributed by atoms with Crippen molar-refractivity contribution < 1.29 is 41.2 Å². The maximum atomic E-state index is 14.0. The second kappa shape index (κ2) is 11.3. The number of imide groups is 1. The van der Waals surface area contributed by atoms with Gasteiger partial charge in [0.2, 0.25) is 5.91 Å². The Hall–Kier alpha value is -2.70. The highest BCUT2D eigenvalue weighted by Gasteiger charge is 2.56. The average molecular weight is 583 g/mol. The van der Waals surface area contributed by atoms with E-state index in [9.17, 15) is 22.8 Å². The second-order valence-corrected chi connectivity index (χ2v) is 14.4. The zero-order valence-corrected chi connectivity index (χ0v) is 25.6. The fourth-order valence-corrected chi connectivity index (χ4v) is 5.75. The first-order valence-electron chi connectivity index (χ1n) is 13.3. The first kappa shape index (κ1) is 31.8. The van der Waals surface area contributed by atoms with Crippen LogP contribution < -0.4 is 0 Å². The molecule has 0 aromatic heterocycles. The molecular formula is C28H42N2O9S. The van der Waals surface area contributed by atoms with Gasteiger partial charge in [-0.25, -0.2) is 14.5 Å². The first-order valence-corrected chi connectivity index (χ1v) is 15.1. The molecule has 0 spiro atoms. The SMILES string of the molecule is CC(C)(C)OC(=O)N1C(=O)C(C(OS(C)(=O)=O)C2COC(C)(C)N2C(=O)OC(C)(C)C)CC1Cc1ccccc1. The third kappa shape index (κ3) is 7.94. The molecule has 3 amide bonds. The molecular weight excluding hydrogens is 540 g/mol. The summed E-state index contributed by atoms with van der Waals surface area (Å²) >= 11 is 0. The summed E-state index contributed by atoms with van der Waals surface area (Å²) in [6.07, 6.45) is -1.61. The zero-order chi connectivity index (χ0) is 30.3. The van der Waals surface area contributed by atoms with Crippen molar-refractivity contribution in [2.24, 2.45) is 5.92 Å². The predicted octanol–water partition coefficient (Wildman–Crippen LogP) is 4.10. The number of hydrogen-bond acceptors (Lipinski definition) is 9. The van der Waals surface area contributed by atoms with Gasteiger partial charge in [-0.2, -0.15) is 8.42 Å². The van der Waals surface area contributed by atoms with Gasteiger partial charge in [-0.05, 0) is 73.8 Å². The van der Waals surface area contributed by atoms with Crippen molar-refractivity contribution in [1.29, 1.82) is 0 Å². The van der Waals surface area contributed by atoms with E-state index in [-0.39, 0.29) is 13.0 Å². The minimum absolute atomic E-state index is 0.0895. The Kier molecular flexibility index (Phi) is 8.98. The van der Waals surface area contributed by atoms with E-state index in [0.717, 1.165) is 16.7 Å². The molecule has 1 aromatic carbocycles. The lowest BCUT2D eigenvalue weighted by molar-refractivity contribution is -0.134. The highest BCUT2D eigenvalue weighted by Crippen LogP contribution is 2.39. The highest BCUT2D eigenvalue weighted by molar-refractivity contribution is 7.86. The third-order valence-electron chi connectivity index (χ3n) is 6.52. The summed E-state index contributed by atoms with van der Waals surface area (Å²) in [5.41, 5.74) is -2.00. The van der Waals surface area contributed by atoms with Gasteiger partial charge in [0.25, 0.3) is 10.1 Å². The number of carbonyl (C=O) groups excluding carboxylic acids is 3. The molecule has 0 radical (unpaired) electrons. The normalized spacial score (nSPS) is 24.2. The molecule has 4 unspecified atom stereocenters. The van der Waals surface area contributed by atoms with Crippen molar-refractivity contribution in [3.05, 3.63) is 35.9 Å². The Bertz CT molecular complexity index is 1200. The fraction of sp³-hybridized carbons (Fsp3) is 0.679. The van der Waals surface area contributed by atoms with Gasteiger partial charge in [-0.15, -0.1) is 0 Å². The van der Waals surface area contributed by atoms with Crippen LogP contribution in [0, 0.1) is 5.92 Å². The second-order valence-electron chi connectivity index (χ2n) is 12.8. The predicted molar refractivity (Wildman–Crippen MR) is 147 cm³/mol. The lowest BCUT2D eigenvalue weighted by Crippen LogP contribution is -2.56. The van der Waals surface area contributed by atoms with Gasteiger partial charge in [0, 0.05) is 6.04 Å². The standard InChI is InChI=1S/C28H42N2O9S/c1-26(2,3)37-24(32)29-19(15-18-13-11-10-12-14-18)16-20(23(29)31)22(39-40(9,34)35)21-17-36-28(7,8)30(21)25(33)38-27(4,5)6/h10-14,19-22H,15-17H2,1-9H3. The number of ether oxygens (including phenoxy) is 3. The Morgan fingerprint density at radius 3 is 2.10 bits per heavy atom. The summed E-state index contributed by atoms with van der Waals surface area (Å²) in [6.45, 7) is 13.4. The van der Waals surface area contributed by atoms with Crippen molar-refractivity contribution in [2.75, 3.05) is 12.9 Å². The minimum atomic E-state index is -4.11. The lowest BCUT2D eigenvalue weighted by atomic mass is 9.91. The van der Waals surface area contributed by atoms with Crippen LogP contribution in [0.15, 0.2) is 30.3 Å². The summed E-state index contributed by atoms with van der Waals surface area (Å²) in [6, 6.07) is 7.71. The van der Waals surface area contributed by atoms with Gasteiger partial charge < -0.3 is 14.2 Å². The molecule has 2 saturated heterocycles. The Balaban J connectivity index is 2.04. The molecule has 2 aliphatic heterocycles. The first-order chi connectivity index (χ1) is 18.2. The molecule has 3 rings (SSSR count). The van der Waals surface area contributed by atoms with Gasteiger partial charge in [-0.1, -0.05) is 30.3 Å². The van der Waals surface area contributed by atoms with Crippen LogP contribution in [0.1, 0.15) is 67.4 Å². The van der Waals surface area contributed by atoms with Crippen LogP contribution in [-0.4, -0.2) is 84.3 Å². The van der Waals surface area contributed by atoms with Crippen molar-refractivity contribution in [3.8, 4) is 0 Å². The molecule has 2 fully saturated rings. The van der Waals surface area contributed by atoms with Gasteiger partial charge in [0.05, 0.1) is 24.8 Å². The van der Waals surface area contributed by atoms with E-state index in [1.807, 2.05) is 30.3 Å². The summed E-state index contributed by atoms with van der Waals surface area (Å²) < 4.78 is 47.6. The number of rotatable bonds is 6. The molecule has 2 heterocycles. The van der Waals surface area contributed by atoms with Crippen LogP contribution in [0.5, 0.6) is 0 Å². The largest absolute Gasteiger partial charge is 0.444 e. The fourth-order valence-electron chi connectivity index (χ4n) is 5.09. The molecule has 0 aliphatic carbocycles. The molecule has 1 aromatic rings. The highest BCUT2D eigenvalue weighted by atomic mass is 32.2. The molecule has 0 bridgehead atoms. The number of hydrogen-bond donors (Lipinski definition) is 0. The molecule has 11 nitrogen and oxygen atoms in total. The number of amides is 3. The monoisotopic (exact) mass is 582 g/mol. The Morgan fingerprint density at radius 1 is 1.02 bits per heavy atom. The molecule has 4 atom stereocenters. The van der Waals surface area contributed by atoms with Gasteiger partial charge in [0.15, 0.2) is 0 Å². The number of benzene rings is 1. The molecule has 0 saturated carbocycles. The van der Waals surface area contributed by atoms with Crippen LogP contribution in [0.4, 0.5) is 9.59 Å². The molecule has 2 aliphatic rings. The summed E-state index contributed by atoms with van der Waals surface area (Å²) in [5, 5.41) is 0. The minimum Gasteiger partial charge on any atom is -0.444 e. The molecule has 0 N–H and O–H groups in total. The van der Waals surface area contributed by atoms with Gasteiger partial charge >= 0.3 is 12.2 Å². The van der Waals surface area contributed by atoms with Crippen LogP contribution in [-0.2, 0) is 39.7 Å². The molecule has 12 heteroatoms. The van der Waals surface area contributed by atoms with Crippen molar-refractivity contribution in [1.82, 2.24) is 9.80 Å². The summed E-state index contributed by atoms with van der Waals surface area (Å²) in [4.78, 5) is 42.9. The summed E-state index contributed by atoms with van der Waals surface area (Å²) in [5.74, 6) is -1.74. The van der Waals surface area contributed by atoms with E-state index in [0.29, 0.717) is 6.42 Å². The maximum Gasteiger partial charge on any atom is 0.417 e. The zero-order valence-electron chi connectivity index (χ0n) is 24.8. The van der Waals surface area contributed by atoms with E-state index in [1.54, 1.807) is 55.4 Å². The van der Waals surface area contributed by atoms with Crippen LogP contribution in [0.3, 0.4) is 0 Å². The third-order valence-corrected chi connectivity index (χ3v) is 7.09. The smallest absolute Gasteiger partial charge is 0.417 e. The van der Waals surface area contributed by atoms with Crippen LogP contribution in [0.2, 0.25) is 0 Å². The number of nitrogens with zero attached hydrogens (tertiary/aromatic N) is 2. The van der Waals surface area contributed by atoms with E-state index in [1.165, 1.54) is 4.90 Å². The van der Waals surface area contributed by atoms with E-state index in [2.05, 4.69) is 0 Å². The van der Waals surface area contributed by atoms with E-state index >= 15 is 0 Å². The Morgan fingerprint density at radius 2 is 1.57 bits per heavy atom. The average Bonchev–Trinajstić information content (AvgIpc) is 3.25. The molecule has 40 heavy (non-hydrogen) atoms. The van der Waals surface area contributed by atoms with E-state index in [4.69, 9.17) is 18.4 Å². The quantitative estimate of drug-likeness (QED) is 0.455. The van der Waals surface area contributed by atoms with Crippen LogP contribution >= 0.6 is 0 Å². The van der Waals surface area contributed by atoms with Crippen molar-refractivity contribution >= 4 is 28.2 Å². The topological polar surface area (TPSA) is 129 Å². The number of carbonyl (C=O) groups is 3. The van der Waals surface area contributed by atoms with Crippen LogP contribution in [0.25, 0.3) is 0 Å². The summed E-state index contributed by atoms with van der Waals surface area (Å²) in [7, 11) is -4.11. The van der Waals surface area contributed by atoms with Gasteiger partial charge in [0.1, 0.15) is 23.0 Å².